The van der Waals surface area contributed by atoms with Gasteiger partial charge in [-0.15, -0.1) is 16.4 Å². The lowest BCUT2D eigenvalue weighted by molar-refractivity contribution is 0.557. The first-order valence-corrected chi connectivity index (χ1v) is 8.17. The zero-order valence-electron chi connectivity index (χ0n) is 11.9. The molecule has 0 saturated heterocycles. The van der Waals surface area contributed by atoms with Crippen LogP contribution in [0.3, 0.4) is 0 Å². The van der Waals surface area contributed by atoms with Gasteiger partial charge in [0.05, 0.1) is 11.9 Å². The van der Waals surface area contributed by atoms with E-state index in [-0.39, 0.29) is 17.9 Å². The first kappa shape index (κ1) is 13.6. The molecule has 4 nitrogen and oxygen atoms in total. The standard InChI is InChI=1S/C16H14FN3OS/c17-12-7-3-1-5-10(12)9-20-16(21)14-11-6-2-4-8-13(11)22-15(14)18-19-20/h1,3,5,7H,2,4,6,8-9H2. The van der Waals surface area contributed by atoms with Crippen LogP contribution in [0.1, 0.15) is 28.8 Å². The number of nitrogens with zero attached hydrogens (tertiary/aromatic N) is 3. The van der Waals surface area contributed by atoms with E-state index in [4.69, 9.17) is 0 Å². The van der Waals surface area contributed by atoms with Crippen molar-refractivity contribution in [2.45, 2.75) is 32.2 Å². The molecule has 0 unspecified atom stereocenters. The number of thiophene rings is 1. The van der Waals surface area contributed by atoms with Gasteiger partial charge in [-0.25, -0.2) is 9.07 Å². The quantitative estimate of drug-likeness (QED) is 0.730. The van der Waals surface area contributed by atoms with Crippen molar-refractivity contribution < 1.29 is 4.39 Å². The Morgan fingerprint density at radius 1 is 1.23 bits per heavy atom. The molecule has 0 aliphatic heterocycles. The van der Waals surface area contributed by atoms with Gasteiger partial charge in [0.2, 0.25) is 0 Å². The van der Waals surface area contributed by atoms with Crippen molar-refractivity contribution >= 4 is 21.6 Å². The molecule has 0 N–H and O–H groups in total. The van der Waals surface area contributed by atoms with Gasteiger partial charge in [-0.2, -0.15) is 0 Å². The SMILES string of the molecule is O=c1c2c3c(sc2nnn1Cc1ccccc1F)CCCC3. The second-order valence-corrected chi connectivity index (χ2v) is 6.62. The van der Waals surface area contributed by atoms with Gasteiger partial charge in [0.15, 0.2) is 4.83 Å². The molecule has 4 rings (SSSR count). The fourth-order valence-electron chi connectivity index (χ4n) is 3.00. The van der Waals surface area contributed by atoms with Crippen molar-refractivity contribution in [2.24, 2.45) is 0 Å². The zero-order chi connectivity index (χ0) is 15.1. The number of benzene rings is 1. The van der Waals surface area contributed by atoms with Gasteiger partial charge in [0.1, 0.15) is 5.82 Å². The summed E-state index contributed by atoms with van der Waals surface area (Å²) in [5.74, 6) is -0.330. The number of halogens is 1. The van der Waals surface area contributed by atoms with Crippen LogP contribution in [0.15, 0.2) is 29.1 Å². The molecule has 1 aliphatic rings. The first-order chi connectivity index (χ1) is 10.7. The normalized spacial score (nSPS) is 14.2. The van der Waals surface area contributed by atoms with Crippen molar-refractivity contribution in [3.8, 4) is 0 Å². The Morgan fingerprint density at radius 2 is 2.05 bits per heavy atom. The maximum absolute atomic E-state index is 13.8. The second kappa shape index (κ2) is 5.28. The fraction of sp³-hybridized carbons (Fsp3) is 0.312. The number of hydrogen-bond donors (Lipinski definition) is 0. The van der Waals surface area contributed by atoms with Crippen LogP contribution in [0.5, 0.6) is 0 Å². The van der Waals surface area contributed by atoms with E-state index in [1.807, 2.05) is 0 Å². The Kier molecular flexibility index (Phi) is 3.26. The smallest absolute Gasteiger partial charge is 0.267 e. The average molecular weight is 315 g/mol. The van der Waals surface area contributed by atoms with Crippen LogP contribution < -0.4 is 5.56 Å². The van der Waals surface area contributed by atoms with Crippen LogP contribution in [0, 0.1) is 5.82 Å². The van der Waals surface area contributed by atoms with E-state index in [9.17, 15) is 9.18 Å². The largest absolute Gasteiger partial charge is 0.279 e. The van der Waals surface area contributed by atoms with Gasteiger partial charge in [-0.1, -0.05) is 23.4 Å². The summed E-state index contributed by atoms with van der Waals surface area (Å²) in [4.78, 5) is 14.7. The molecule has 0 atom stereocenters. The van der Waals surface area contributed by atoms with E-state index in [0.29, 0.717) is 15.8 Å². The Bertz CT molecular complexity index is 915. The maximum Gasteiger partial charge on any atom is 0.279 e. The lowest BCUT2D eigenvalue weighted by Gasteiger charge is -2.10. The van der Waals surface area contributed by atoms with E-state index < -0.39 is 0 Å². The maximum atomic E-state index is 13.8. The van der Waals surface area contributed by atoms with Gasteiger partial charge in [0, 0.05) is 10.4 Å². The van der Waals surface area contributed by atoms with E-state index in [1.165, 1.54) is 15.6 Å². The monoisotopic (exact) mass is 315 g/mol. The summed E-state index contributed by atoms with van der Waals surface area (Å²) in [5, 5.41) is 8.85. The highest BCUT2D eigenvalue weighted by Crippen LogP contribution is 2.33. The topological polar surface area (TPSA) is 47.8 Å². The highest BCUT2D eigenvalue weighted by molar-refractivity contribution is 7.18. The molecular formula is C16H14FN3OS. The molecule has 1 aliphatic carbocycles. The van der Waals surface area contributed by atoms with Crippen molar-refractivity contribution in [3.63, 3.8) is 0 Å². The summed E-state index contributed by atoms with van der Waals surface area (Å²) in [6.45, 7) is 0.110. The third-order valence-electron chi connectivity index (χ3n) is 4.12. The zero-order valence-corrected chi connectivity index (χ0v) is 12.7. The predicted octanol–water partition coefficient (Wildman–Crippen LogP) is 2.92. The highest BCUT2D eigenvalue weighted by Gasteiger charge is 2.20. The molecule has 0 spiro atoms. The molecule has 1 aromatic carbocycles. The van der Waals surface area contributed by atoms with Crippen molar-refractivity contribution in [2.75, 3.05) is 0 Å². The fourth-order valence-corrected chi connectivity index (χ4v) is 4.20. The molecule has 0 saturated carbocycles. The van der Waals surface area contributed by atoms with Crippen LogP contribution in [-0.4, -0.2) is 15.0 Å². The molecule has 0 radical (unpaired) electrons. The molecule has 0 bridgehead atoms. The second-order valence-electron chi connectivity index (χ2n) is 5.53. The Morgan fingerprint density at radius 3 is 2.91 bits per heavy atom. The molecule has 3 aromatic rings. The van der Waals surface area contributed by atoms with Crippen LogP contribution in [0.25, 0.3) is 10.2 Å². The average Bonchev–Trinajstić information content (AvgIpc) is 2.91. The third kappa shape index (κ3) is 2.14. The minimum absolute atomic E-state index is 0.110. The molecule has 22 heavy (non-hydrogen) atoms. The van der Waals surface area contributed by atoms with Gasteiger partial charge < -0.3 is 0 Å². The summed E-state index contributed by atoms with van der Waals surface area (Å²) in [6.07, 6.45) is 4.21. The van der Waals surface area contributed by atoms with E-state index >= 15 is 0 Å². The van der Waals surface area contributed by atoms with Crippen molar-refractivity contribution in [1.29, 1.82) is 0 Å². The molecular weight excluding hydrogens is 301 g/mol. The van der Waals surface area contributed by atoms with Crippen molar-refractivity contribution in [1.82, 2.24) is 15.0 Å². The van der Waals surface area contributed by atoms with Gasteiger partial charge in [0.25, 0.3) is 5.56 Å². The van der Waals surface area contributed by atoms with E-state index in [2.05, 4.69) is 10.3 Å². The highest BCUT2D eigenvalue weighted by atomic mass is 32.1. The summed E-state index contributed by atoms with van der Waals surface area (Å²) in [6, 6.07) is 6.43. The number of aromatic nitrogens is 3. The number of hydrogen-bond acceptors (Lipinski definition) is 4. The van der Waals surface area contributed by atoms with Crippen molar-refractivity contribution in [3.05, 3.63) is 56.4 Å². The Hall–Kier alpha value is -2.08. The molecule has 6 heteroatoms. The predicted molar refractivity (Wildman–Crippen MR) is 83.8 cm³/mol. The number of aryl methyl sites for hydroxylation is 2. The van der Waals surface area contributed by atoms with E-state index in [0.717, 1.165) is 31.2 Å². The Labute approximate surface area is 130 Å². The summed E-state index contributed by atoms with van der Waals surface area (Å²) in [7, 11) is 0. The molecule has 0 fully saturated rings. The summed E-state index contributed by atoms with van der Waals surface area (Å²) in [5.41, 5.74) is 1.42. The molecule has 2 aromatic heterocycles. The Balaban J connectivity index is 1.84. The van der Waals surface area contributed by atoms with Crippen LogP contribution in [-0.2, 0) is 19.4 Å². The first-order valence-electron chi connectivity index (χ1n) is 7.35. The lowest BCUT2D eigenvalue weighted by atomic mass is 9.97. The molecule has 112 valence electrons. The van der Waals surface area contributed by atoms with Crippen LogP contribution in [0.4, 0.5) is 4.39 Å². The summed E-state index contributed by atoms with van der Waals surface area (Å²) < 4.78 is 15.0. The minimum Gasteiger partial charge on any atom is -0.267 e. The van der Waals surface area contributed by atoms with Crippen LogP contribution >= 0.6 is 11.3 Å². The minimum atomic E-state index is -0.330. The van der Waals surface area contributed by atoms with E-state index in [1.54, 1.807) is 29.5 Å². The molecule has 2 heterocycles. The molecule has 0 amide bonds. The van der Waals surface area contributed by atoms with Gasteiger partial charge >= 0.3 is 0 Å². The number of fused-ring (bicyclic) bond motifs is 3. The summed E-state index contributed by atoms with van der Waals surface area (Å²) >= 11 is 1.57. The number of rotatable bonds is 2. The van der Waals surface area contributed by atoms with Gasteiger partial charge in [-0.05, 0) is 37.3 Å². The van der Waals surface area contributed by atoms with Gasteiger partial charge in [-0.3, -0.25) is 4.79 Å². The van der Waals surface area contributed by atoms with Crippen LogP contribution in [0.2, 0.25) is 0 Å². The lowest BCUT2D eigenvalue weighted by Crippen LogP contribution is -2.25. The third-order valence-corrected chi connectivity index (χ3v) is 5.30.